The molecule has 0 heterocycles. The van der Waals surface area contributed by atoms with E-state index >= 15 is 0 Å². The van der Waals surface area contributed by atoms with Gasteiger partial charge in [-0.05, 0) is 31.0 Å². The van der Waals surface area contributed by atoms with E-state index in [9.17, 15) is 40.7 Å². The van der Waals surface area contributed by atoms with Crippen LogP contribution in [-0.4, -0.2) is 23.8 Å². The van der Waals surface area contributed by atoms with Gasteiger partial charge < -0.3 is 5.32 Å². The average molecular weight is 383 g/mol. The van der Waals surface area contributed by atoms with Crippen LogP contribution in [0.15, 0.2) is 18.2 Å². The van der Waals surface area contributed by atoms with Crippen molar-refractivity contribution in [1.82, 2.24) is 16.2 Å². The van der Waals surface area contributed by atoms with Gasteiger partial charge in [-0.3, -0.25) is 25.2 Å². The largest absolute Gasteiger partial charge is 0.416 e. The van der Waals surface area contributed by atoms with Crippen molar-refractivity contribution in [2.45, 2.75) is 31.2 Å². The third kappa shape index (κ3) is 5.10. The van der Waals surface area contributed by atoms with Gasteiger partial charge in [0.15, 0.2) is 0 Å². The number of benzene rings is 1. The summed E-state index contributed by atoms with van der Waals surface area (Å²) < 4.78 is 76.4. The lowest BCUT2D eigenvalue weighted by Crippen LogP contribution is -2.49. The maximum atomic E-state index is 12.7. The number of alkyl halides is 6. The Labute approximate surface area is 141 Å². The Bertz CT molecular complexity index is 708. The van der Waals surface area contributed by atoms with Gasteiger partial charge >= 0.3 is 24.2 Å². The predicted octanol–water partition coefficient (Wildman–Crippen LogP) is 1.76. The molecule has 0 saturated heterocycles. The van der Waals surface area contributed by atoms with E-state index in [1.165, 1.54) is 0 Å². The quantitative estimate of drug-likeness (QED) is 0.413. The fourth-order valence-electron chi connectivity index (χ4n) is 1.81. The van der Waals surface area contributed by atoms with E-state index in [-0.39, 0.29) is 24.2 Å². The Morgan fingerprint density at radius 3 is 1.73 bits per heavy atom. The second-order valence-electron chi connectivity index (χ2n) is 5.45. The van der Waals surface area contributed by atoms with Crippen LogP contribution in [-0.2, 0) is 21.9 Å². The van der Waals surface area contributed by atoms with Crippen molar-refractivity contribution in [3.8, 4) is 0 Å². The van der Waals surface area contributed by atoms with Crippen molar-refractivity contribution in [3.63, 3.8) is 0 Å². The molecule has 0 bridgehead atoms. The topological polar surface area (TPSA) is 87.3 Å². The lowest BCUT2D eigenvalue weighted by molar-refractivity contribution is -0.143. The number of amides is 3. The molecule has 1 fully saturated rings. The van der Waals surface area contributed by atoms with Gasteiger partial charge in [-0.15, -0.1) is 0 Å². The van der Waals surface area contributed by atoms with Crippen LogP contribution in [0.1, 0.15) is 34.3 Å². The summed E-state index contributed by atoms with van der Waals surface area (Å²) in [5, 5.41) is 2.28. The standard InChI is InChI=1S/C14H11F6N3O3/c15-13(16,17)7-3-6(4-8(5-7)14(18,19)20)10(24)22-23-12(26)11(25)21-9-1-2-9/h3-5,9H,1-2H2,(H,21,25)(H,22,24)(H,23,26). The smallest absolute Gasteiger partial charge is 0.345 e. The number of rotatable bonds is 2. The average Bonchev–Trinajstić information content (AvgIpc) is 3.33. The van der Waals surface area contributed by atoms with Crippen LogP contribution in [0.2, 0.25) is 0 Å². The zero-order valence-corrected chi connectivity index (χ0v) is 12.7. The van der Waals surface area contributed by atoms with Crippen LogP contribution in [0.3, 0.4) is 0 Å². The number of nitrogens with one attached hydrogen (secondary N) is 3. The Hall–Kier alpha value is -2.79. The monoisotopic (exact) mass is 383 g/mol. The highest BCUT2D eigenvalue weighted by molar-refractivity contribution is 6.35. The normalized spacial score (nSPS) is 14.5. The van der Waals surface area contributed by atoms with E-state index in [2.05, 4.69) is 5.32 Å². The molecule has 12 heteroatoms. The van der Waals surface area contributed by atoms with Crippen molar-refractivity contribution >= 4 is 17.7 Å². The summed E-state index contributed by atoms with van der Waals surface area (Å²) >= 11 is 0. The molecule has 0 aliphatic heterocycles. The van der Waals surface area contributed by atoms with E-state index in [0.29, 0.717) is 12.8 Å². The van der Waals surface area contributed by atoms with Crippen molar-refractivity contribution < 1.29 is 40.7 Å². The van der Waals surface area contributed by atoms with E-state index in [0.717, 1.165) is 0 Å². The highest BCUT2D eigenvalue weighted by Gasteiger charge is 2.37. The SMILES string of the molecule is O=C(NNC(=O)c1cc(C(F)(F)F)cc(C(F)(F)F)c1)C(=O)NC1CC1. The first-order valence-electron chi connectivity index (χ1n) is 7.08. The summed E-state index contributed by atoms with van der Waals surface area (Å²) in [5.74, 6) is -3.85. The molecule has 1 aromatic carbocycles. The maximum absolute atomic E-state index is 12.7. The molecule has 6 nitrogen and oxygen atoms in total. The van der Waals surface area contributed by atoms with E-state index in [1.54, 1.807) is 10.9 Å². The van der Waals surface area contributed by atoms with E-state index < -0.39 is 46.8 Å². The molecule has 0 radical (unpaired) electrons. The molecule has 0 aromatic heterocycles. The highest BCUT2D eigenvalue weighted by atomic mass is 19.4. The second kappa shape index (κ2) is 6.84. The zero-order valence-electron chi connectivity index (χ0n) is 12.7. The maximum Gasteiger partial charge on any atom is 0.416 e. The van der Waals surface area contributed by atoms with Gasteiger partial charge in [0.05, 0.1) is 11.1 Å². The Morgan fingerprint density at radius 1 is 0.808 bits per heavy atom. The summed E-state index contributed by atoms with van der Waals surface area (Å²) in [6, 6.07) is 0.0854. The predicted molar refractivity (Wildman–Crippen MR) is 73.2 cm³/mol. The molecule has 142 valence electrons. The number of hydrogen-bond donors (Lipinski definition) is 3. The minimum absolute atomic E-state index is 0.140. The Kier molecular flexibility index (Phi) is 5.14. The van der Waals surface area contributed by atoms with Crippen molar-refractivity contribution in [2.75, 3.05) is 0 Å². The molecule has 1 saturated carbocycles. The second-order valence-corrected chi connectivity index (χ2v) is 5.45. The molecule has 1 aliphatic rings. The van der Waals surface area contributed by atoms with Crippen LogP contribution in [0, 0.1) is 0 Å². The van der Waals surface area contributed by atoms with Gasteiger partial charge in [-0.1, -0.05) is 0 Å². The molecule has 2 rings (SSSR count). The van der Waals surface area contributed by atoms with Gasteiger partial charge in [0, 0.05) is 11.6 Å². The number of carbonyl (C=O) groups excluding carboxylic acids is 3. The number of halogens is 6. The van der Waals surface area contributed by atoms with Gasteiger partial charge in [0.25, 0.3) is 5.91 Å². The Balaban J connectivity index is 2.14. The number of carbonyl (C=O) groups is 3. The van der Waals surface area contributed by atoms with E-state index in [4.69, 9.17) is 0 Å². The summed E-state index contributed by atoms with van der Waals surface area (Å²) in [6.07, 6.45) is -8.89. The van der Waals surface area contributed by atoms with Crippen molar-refractivity contribution in [3.05, 3.63) is 34.9 Å². The minimum Gasteiger partial charge on any atom is -0.345 e. The van der Waals surface area contributed by atoms with Crippen LogP contribution in [0.25, 0.3) is 0 Å². The molecular formula is C14H11F6N3O3. The number of hydrazine groups is 1. The first kappa shape index (κ1) is 19.5. The summed E-state index contributed by atoms with van der Waals surface area (Å²) in [5.41, 5.74) is -1.15. The van der Waals surface area contributed by atoms with Gasteiger partial charge in [-0.25, -0.2) is 0 Å². The summed E-state index contributed by atoms with van der Waals surface area (Å²) in [4.78, 5) is 34.5. The first-order valence-corrected chi connectivity index (χ1v) is 7.08. The van der Waals surface area contributed by atoms with Crippen molar-refractivity contribution in [2.24, 2.45) is 0 Å². The molecule has 26 heavy (non-hydrogen) atoms. The molecule has 1 aromatic rings. The van der Waals surface area contributed by atoms with Gasteiger partial charge in [0.2, 0.25) is 0 Å². The fourth-order valence-corrected chi connectivity index (χ4v) is 1.81. The highest BCUT2D eigenvalue weighted by Crippen LogP contribution is 2.36. The molecule has 3 N–H and O–H groups in total. The zero-order chi connectivity index (χ0) is 19.7. The fraction of sp³-hybridized carbons (Fsp3) is 0.357. The summed E-state index contributed by atoms with van der Waals surface area (Å²) in [6.45, 7) is 0. The molecule has 0 spiro atoms. The molecule has 0 atom stereocenters. The van der Waals surface area contributed by atoms with E-state index in [1.807, 2.05) is 0 Å². The Morgan fingerprint density at radius 2 is 1.31 bits per heavy atom. The lowest BCUT2D eigenvalue weighted by Gasteiger charge is -2.14. The lowest BCUT2D eigenvalue weighted by atomic mass is 10.0. The molecule has 0 unspecified atom stereocenters. The number of hydrogen-bond acceptors (Lipinski definition) is 3. The van der Waals surface area contributed by atoms with Crippen molar-refractivity contribution in [1.29, 1.82) is 0 Å². The first-order chi connectivity index (χ1) is 11.9. The van der Waals surface area contributed by atoms with Crippen LogP contribution in [0.4, 0.5) is 26.3 Å². The summed E-state index contributed by atoms with van der Waals surface area (Å²) in [7, 11) is 0. The molecular weight excluding hydrogens is 372 g/mol. The van der Waals surface area contributed by atoms with Gasteiger partial charge in [-0.2, -0.15) is 26.3 Å². The minimum atomic E-state index is -5.12. The third-order valence-electron chi connectivity index (χ3n) is 3.26. The molecule has 3 amide bonds. The van der Waals surface area contributed by atoms with Crippen LogP contribution >= 0.6 is 0 Å². The van der Waals surface area contributed by atoms with Crippen LogP contribution < -0.4 is 16.2 Å². The van der Waals surface area contributed by atoms with Gasteiger partial charge in [0.1, 0.15) is 0 Å². The van der Waals surface area contributed by atoms with Crippen LogP contribution in [0.5, 0.6) is 0 Å². The molecule has 1 aliphatic carbocycles. The third-order valence-corrected chi connectivity index (χ3v) is 3.26.